The average Bonchev–Trinajstić information content (AvgIpc) is 1.25. The molecule has 0 radical (unpaired) electrons. The van der Waals surface area contributed by atoms with Gasteiger partial charge < -0.3 is 21.7 Å². The number of rotatable bonds is 0. The Hall–Kier alpha value is -0.941. The second-order valence-electron chi connectivity index (χ2n) is 0.676. The summed E-state index contributed by atoms with van der Waals surface area (Å²) in [5, 5.41) is 14.4. The van der Waals surface area contributed by atoms with Crippen LogP contribution in [0.4, 0.5) is 9.59 Å². The summed E-state index contributed by atoms with van der Waals surface area (Å²) in [6, 6.07) is 0. The number of carboxylic acid groups (broad SMARTS) is 2. The summed E-state index contributed by atoms with van der Waals surface area (Å²) in [5.41, 5.74) is 8.06. The molecule has 0 aromatic carbocycles. The van der Waals surface area contributed by atoms with Gasteiger partial charge in [-0.05, 0) is 0 Å². The second kappa shape index (κ2) is 10.1. The van der Waals surface area contributed by atoms with E-state index in [0.29, 0.717) is 0 Å². The Morgan fingerprint density at radius 3 is 1.00 bits per heavy atom. The number of nitrogens with two attached hydrogens (primary N) is 2. The summed E-state index contributed by atoms with van der Waals surface area (Å²) >= 11 is 0. The fraction of sp³-hybridized carbons (Fsp3) is 0. The molecule has 0 aromatic heterocycles. The first-order valence-electron chi connectivity index (χ1n) is 1.43. The van der Waals surface area contributed by atoms with E-state index in [4.69, 9.17) is 19.8 Å². The molecule has 0 aliphatic heterocycles. The van der Waals surface area contributed by atoms with Gasteiger partial charge in [0.25, 0.3) is 0 Å². The third-order valence-electron chi connectivity index (χ3n) is 0. The van der Waals surface area contributed by atoms with Crippen molar-refractivity contribution in [2.24, 2.45) is 11.5 Å². The van der Waals surface area contributed by atoms with Gasteiger partial charge in [-0.1, -0.05) is 0 Å². The molecule has 0 heterocycles. The van der Waals surface area contributed by atoms with Crippen LogP contribution in [0.1, 0.15) is 0 Å². The maximum atomic E-state index is 8.78. The van der Waals surface area contributed by atoms with Crippen LogP contribution in [-0.4, -0.2) is 39.5 Å². The molecule has 0 aliphatic rings. The average molecular weight is 203 g/mol. The number of primary amides is 2. The van der Waals surface area contributed by atoms with Crippen molar-refractivity contribution in [3.05, 3.63) is 0 Å². The summed E-state index contributed by atoms with van der Waals surface area (Å²) in [4.78, 5) is 17.6. The number of carbonyl (C=O) groups is 2. The van der Waals surface area contributed by atoms with Gasteiger partial charge in [0, 0.05) is 0 Å². The standard InChI is InChI=1S/2CH3NO2.H2Se/c2*2-1(3)4;/h2*2H2,(H,3,4);1H2. The molecular formula is C2H8N2O4Se. The molecule has 7 heteroatoms. The van der Waals surface area contributed by atoms with Gasteiger partial charge in [0.1, 0.15) is 0 Å². The Labute approximate surface area is 61.3 Å². The van der Waals surface area contributed by atoms with Gasteiger partial charge in [0.15, 0.2) is 0 Å². The SMILES string of the molecule is NC(=O)O.NC(=O)O.[SeH2]. The fourth-order valence-corrected chi connectivity index (χ4v) is 0. The zero-order valence-corrected chi connectivity index (χ0v) is 6.46. The first-order valence-corrected chi connectivity index (χ1v) is 1.43. The molecule has 0 unspecified atom stereocenters. The van der Waals surface area contributed by atoms with Crippen LogP contribution in [0.25, 0.3) is 0 Å². The molecule has 0 saturated carbocycles. The van der Waals surface area contributed by atoms with Crippen molar-refractivity contribution in [3.8, 4) is 0 Å². The van der Waals surface area contributed by atoms with E-state index in [-0.39, 0.29) is 17.1 Å². The molecule has 9 heavy (non-hydrogen) atoms. The van der Waals surface area contributed by atoms with Crippen molar-refractivity contribution in [1.82, 2.24) is 0 Å². The Morgan fingerprint density at radius 1 is 1.00 bits per heavy atom. The van der Waals surface area contributed by atoms with E-state index in [9.17, 15) is 0 Å². The first-order chi connectivity index (χ1) is 3.46. The Morgan fingerprint density at radius 2 is 1.00 bits per heavy atom. The second-order valence-corrected chi connectivity index (χ2v) is 0.676. The van der Waals surface area contributed by atoms with Crippen molar-refractivity contribution in [1.29, 1.82) is 0 Å². The number of amides is 2. The molecule has 6 N–H and O–H groups in total. The molecule has 0 atom stereocenters. The Balaban J connectivity index is -0.0000000720. The van der Waals surface area contributed by atoms with Crippen LogP contribution in [-0.2, 0) is 0 Å². The zero-order valence-electron chi connectivity index (χ0n) is 4.37. The van der Waals surface area contributed by atoms with Gasteiger partial charge in [0.2, 0.25) is 0 Å². The predicted molar refractivity (Wildman–Crippen MR) is 33.0 cm³/mol. The summed E-state index contributed by atoms with van der Waals surface area (Å²) in [6.45, 7) is 0. The summed E-state index contributed by atoms with van der Waals surface area (Å²) in [7, 11) is 0. The van der Waals surface area contributed by atoms with Gasteiger partial charge in [-0.2, -0.15) is 0 Å². The minimum absolute atomic E-state index is 0. The monoisotopic (exact) mass is 204 g/mol. The van der Waals surface area contributed by atoms with E-state index in [0.717, 1.165) is 0 Å². The van der Waals surface area contributed by atoms with E-state index < -0.39 is 12.2 Å². The van der Waals surface area contributed by atoms with Crippen molar-refractivity contribution in [2.75, 3.05) is 0 Å². The Kier molecular flexibility index (Phi) is 17.7. The van der Waals surface area contributed by atoms with Crippen LogP contribution >= 0.6 is 0 Å². The van der Waals surface area contributed by atoms with Crippen molar-refractivity contribution in [2.45, 2.75) is 0 Å². The molecule has 2 amide bonds. The van der Waals surface area contributed by atoms with E-state index >= 15 is 0 Å². The molecule has 0 aliphatic carbocycles. The van der Waals surface area contributed by atoms with Crippen LogP contribution < -0.4 is 11.5 Å². The summed E-state index contributed by atoms with van der Waals surface area (Å²) in [5.74, 6) is 0. The minimum atomic E-state index is -1.33. The van der Waals surface area contributed by atoms with E-state index in [1.807, 2.05) is 0 Å². The fourth-order valence-electron chi connectivity index (χ4n) is 0. The van der Waals surface area contributed by atoms with Crippen molar-refractivity contribution < 1.29 is 19.8 Å². The molecule has 0 bridgehead atoms. The number of hydrogen-bond acceptors (Lipinski definition) is 2. The molecule has 6 nitrogen and oxygen atoms in total. The molecule has 0 rings (SSSR count). The Bertz CT molecular complexity index is 74.6. The van der Waals surface area contributed by atoms with Crippen LogP contribution in [0.5, 0.6) is 0 Å². The molecule has 0 spiro atoms. The van der Waals surface area contributed by atoms with Crippen molar-refractivity contribution >= 4 is 29.3 Å². The van der Waals surface area contributed by atoms with Crippen LogP contribution in [0.15, 0.2) is 0 Å². The number of hydrogen-bond donors (Lipinski definition) is 4. The van der Waals surface area contributed by atoms with Gasteiger partial charge in [0.05, 0.1) is 0 Å². The molecular weight excluding hydrogens is 195 g/mol. The van der Waals surface area contributed by atoms with Crippen molar-refractivity contribution in [3.63, 3.8) is 0 Å². The van der Waals surface area contributed by atoms with E-state index in [2.05, 4.69) is 11.5 Å². The molecule has 0 saturated heterocycles. The molecule has 56 valence electrons. The topological polar surface area (TPSA) is 127 Å². The van der Waals surface area contributed by atoms with Crippen LogP contribution in [0.2, 0.25) is 0 Å². The van der Waals surface area contributed by atoms with Gasteiger partial charge in [-0.25, -0.2) is 9.59 Å². The molecule has 0 aromatic rings. The normalized spacial score (nSPS) is 5.33. The summed E-state index contributed by atoms with van der Waals surface area (Å²) in [6.07, 6.45) is -2.67. The summed E-state index contributed by atoms with van der Waals surface area (Å²) < 4.78 is 0. The predicted octanol–water partition coefficient (Wildman–Crippen LogP) is -1.67. The molecule has 0 fully saturated rings. The first kappa shape index (κ1) is 15.7. The third-order valence-corrected chi connectivity index (χ3v) is 0. The van der Waals surface area contributed by atoms with Gasteiger partial charge >= 0.3 is 29.3 Å². The quantitative estimate of drug-likeness (QED) is 0.351. The third kappa shape index (κ3) is 204. The van der Waals surface area contributed by atoms with Crippen LogP contribution in [0, 0.1) is 0 Å². The maximum absolute atomic E-state index is 8.78. The van der Waals surface area contributed by atoms with E-state index in [1.165, 1.54) is 0 Å². The van der Waals surface area contributed by atoms with Gasteiger partial charge in [-0.15, -0.1) is 0 Å². The van der Waals surface area contributed by atoms with Crippen LogP contribution in [0.3, 0.4) is 0 Å². The van der Waals surface area contributed by atoms with Gasteiger partial charge in [-0.3, -0.25) is 0 Å². The van der Waals surface area contributed by atoms with E-state index in [1.54, 1.807) is 0 Å². The zero-order chi connectivity index (χ0) is 7.15.